The molecule has 2 nitrogen and oxygen atoms in total. The molecule has 2 rings (SSSR count). The molecule has 2 N–H and O–H groups in total. The molecule has 1 atom stereocenters. The molecule has 18 heavy (non-hydrogen) atoms. The number of alkyl halides is 3. The van der Waals surface area contributed by atoms with E-state index >= 15 is 0 Å². The van der Waals surface area contributed by atoms with E-state index in [9.17, 15) is 18.0 Å². The van der Waals surface area contributed by atoms with Gasteiger partial charge in [0.1, 0.15) is 5.54 Å². The first-order chi connectivity index (χ1) is 8.34. The fraction of sp³-hybridized carbons (Fsp3) is 0.462. The summed E-state index contributed by atoms with van der Waals surface area (Å²) in [7, 11) is 0. The van der Waals surface area contributed by atoms with Gasteiger partial charge in [-0.2, -0.15) is 13.2 Å². The second kappa shape index (κ2) is 4.39. The number of benzene rings is 1. The lowest BCUT2D eigenvalue weighted by Crippen LogP contribution is -2.47. The summed E-state index contributed by atoms with van der Waals surface area (Å²) in [5, 5.41) is 0. The van der Waals surface area contributed by atoms with Crippen LogP contribution in [-0.2, 0) is 16.5 Å². The molecule has 5 heteroatoms. The minimum atomic E-state index is -4.41. The normalized spacial score (nSPS) is 25.2. The third-order valence-corrected chi connectivity index (χ3v) is 3.43. The van der Waals surface area contributed by atoms with Gasteiger partial charge < -0.3 is 5.73 Å². The van der Waals surface area contributed by atoms with Crippen molar-refractivity contribution in [1.82, 2.24) is 0 Å². The average molecular weight is 257 g/mol. The minimum Gasteiger partial charge on any atom is -0.315 e. The highest BCUT2D eigenvalue weighted by molar-refractivity contribution is 5.90. The second-order valence-electron chi connectivity index (χ2n) is 4.68. The van der Waals surface area contributed by atoms with E-state index in [-0.39, 0.29) is 11.3 Å². The average Bonchev–Trinajstić information content (AvgIpc) is 2.32. The Bertz CT molecular complexity index is 470. The maximum absolute atomic E-state index is 12.6. The van der Waals surface area contributed by atoms with Gasteiger partial charge in [-0.15, -0.1) is 0 Å². The molecule has 1 aliphatic rings. The molecular weight excluding hydrogens is 243 g/mol. The lowest BCUT2D eigenvalue weighted by atomic mass is 9.76. The maximum atomic E-state index is 12.6. The van der Waals surface area contributed by atoms with Crippen molar-refractivity contribution in [2.24, 2.45) is 5.73 Å². The van der Waals surface area contributed by atoms with Gasteiger partial charge in [0.15, 0.2) is 5.78 Å². The van der Waals surface area contributed by atoms with Gasteiger partial charge >= 0.3 is 6.18 Å². The SMILES string of the molecule is N[C@@]1(c2cccc(C(F)(F)F)c2)CCCCC1=O. The molecule has 1 aromatic carbocycles. The van der Waals surface area contributed by atoms with Gasteiger partial charge in [-0.3, -0.25) is 4.79 Å². The molecule has 1 aliphatic carbocycles. The number of ketones is 1. The number of halogens is 3. The van der Waals surface area contributed by atoms with Crippen molar-refractivity contribution in [3.8, 4) is 0 Å². The zero-order chi connectivity index (χ0) is 13.4. The summed E-state index contributed by atoms with van der Waals surface area (Å²) < 4.78 is 37.9. The molecule has 0 aromatic heterocycles. The molecule has 0 unspecified atom stereocenters. The Labute approximate surface area is 103 Å². The number of rotatable bonds is 1. The Morgan fingerprint density at radius 2 is 1.94 bits per heavy atom. The van der Waals surface area contributed by atoms with Crippen LogP contribution in [-0.4, -0.2) is 5.78 Å². The van der Waals surface area contributed by atoms with E-state index in [1.54, 1.807) is 0 Å². The van der Waals surface area contributed by atoms with E-state index < -0.39 is 17.3 Å². The van der Waals surface area contributed by atoms with Crippen LogP contribution in [0.15, 0.2) is 24.3 Å². The van der Waals surface area contributed by atoms with Crippen LogP contribution in [0.5, 0.6) is 0 Å². The highest BCUT2D eigenvalue weighted by Crippen LogP contribution is 2.35. The molecule has 1 fully saturated rings. The van der Waals surface area contributed by atoms with Crippen LogP contribution in [0.3, 0.4) is 0 Å². The van der Waals surface area contributed by atoms with Gasteiger partial charge in [0.25, 0.3) is 0 Å². The molecule has 1 aromatic rings. The third-order valence-electron chi connectivity index (χ3n) is 3.43. The summed E-state index contributed by atoms with van der Waals surface area (Å²) in [5.74, 6) is -0.173. The van der Waals surface area contributed by atoms with Crippen molar-refractivity contribution in [3.05, 3.63) is 35.4 Å². The molecule has 98 valence electrons. The van der Waals surface area contributed by atoms with Crippen LogP contribution < -0.4 is 5.73 Å². The molecule has 1 saturated carbocycles. The molecule has 0 spiro atoms. The van der Waals surface area contributed by atoms with E-state index in [1.165, 1.54) is 12.1 Å². The summed E-state index contributed by atoms with van der Waals surface area (Å²) in [6.45, 7) is 0. The minimum absolute atomic E-state index is 0.173. The topological polar surface area (TPSA) is 43.1 Å². The van der Waals surface area contributed by atoms with Gasteiger partial charge in [-0.1, -0.05) is 18.6 Å². The second-order valence-corrected chi connectivity index (χ2v) is 4.68. The van der Waals surface area contributed by atoms with Gasteiger partial charge in [0, 0.05) is 6.42 Å². The van der Waals surface area contributed by atoms with Gasteiger partial charge in [-0.25, -0.2) is 0 Å². The maximum Gasteiger partial charge on any atom is 0.416 e. The zero-order valence-corrected chi connectivity index (χ0v) is 9.76. The van der Waals surface area contributed by atoms with Crippen LogP contribution in [0.4, 0.5) is 13.2 Å². The molecule has 0 amide bonds. The Hall–Kier alpha value is -1.36. The van der Waals surface area contributed by atoms with E-state index in [4.69, 9.17) is 5.73 Å². The lowest BCUT2D eigenvalue weighted by molar-refractivity contribution is -0.138. The summed E-state index contributed by atoms with van der Waals surface area (Å²) in [4.78, 5) is 11.9. The lowest BCUT2D eigenvalue weighted by Gasteiger charge is -2.32. The number of carbonyl (C=O) groups is 1. The largest absolute Gasteiger partial charge is 0.416 e. The van der Waals surface area contributed by atoms with Crippen LogP contribution in [0, 0.1) is 0 Å². The van der Waals surface area contributed by atoms with Crippen molar-refractivity contribution in [1.29, 1.82) is 0 Å². The summed E-state index contributed by atoms with van der Waals surface area (Å²) >= 11 is 0. The highest BCUT2D eigenvalue weighted by atomic mass is 19.4. The summed E-state index contributed by atoms with van der Waals surface area (Å²) in [5.41, 5.74) is 4.27. The van der Waals surface area contributed by atoms with Crippen LogP contribution >= 0.6 is 0 Å². The predicted octanol–water partition coefficient (Wildman–Crippen LogP) is 3.00. The predicted molar refractivity (Wildman–Crippen MR) is 60.8 cm³/mol. The summed E-state index contributed by atoms with van der Waals surface area (Å²) in [6, 6.07) is 4.77. The fourth-order valence-electron chi connectivity index (χ4n) is 2.33. The van der Waals surface area contributed by atoms with Gasteiger partial charge in [0.05, 0.1) is 5.56 Å². The molecule has 0 radical (unpaired) electrons. The molecule has 0 saturated heterocycles. The molecule has 0 heterocycles. The number of nitrogens with two attached hydrogens (primary N) is 1. The first kappa shape index (κ1) is 13.1. The van der Waals surface area contributed by atoms with Crippen molar-refractivity contribution in [3.63, 3.8) is 0 Å². The molecule has 0 aliphatic heterocycles. The number of hydrogen-bond donors (Lipinski definition) is 1. The Balaban J connectivity index is 2.41. The van der Waals surface area contributed by atoms with Gasteiger partial charge in [0.2, 0.25) is 0 Å². The monoisotopic (exact) mass is 257 g/mol. The highest BCUT2D eigenvalue weighted by Gasteiger charge is 2.39. The first-order valence-corrected chi connectivity index (χ1v) is 5.84. The zero-order valence-electron chi connectivity index (χ0n) is 9.76. The first-order valence-electron chi connectivity index (χ1n) is 5.84. The van der Waals surface area contributed by atoms with Crippen molar-refractivity contribution < 1.29 is 18.0 Å². The van der Waals surface area contributed by atoms with E-state index in [0.29, 0.717) is 12.8 Å². The molecule has 0 bridgehead atoms. The number of Topliss-reactive ketones (excluding diaryl/α,β-unsaturated/α-hetero) is 1. The van der Waals surface area contributed by atoms with E-state index in [2.05, 4.69) is 0 Å². The fourth-order valence-corrected chi connectivity index (χ4v) is 2.33. The van der Waals surface area contributed by atoms with Gasteiger partial charge in [-0.05, 0) is 30.5 Å². The summed E-state index contributed by atoms with van der Waals surface area (Å²) in [6.07, 6.45) is -2.14. The van der Waals surface area contributed by atoms with Crippen LogP contribution in [0.2, 0.25) is 0 Å². The molecular formula is C13H14F3NO. The quantitative estimate of drug-likeness (QED) is 0.840. The smallest absolute Gasteiger partial charge is 0.315 e. The number of hydrogen-bond acceptors (Lipinski definition) is 2. The van der Waals surface area contributed by atoms with Crippen molar-refractivity contribution in [2.75, 3.05) is 0 Å². The van der Waals surface area contributed by atoms with Crippen LogP contribution in [0.25, 0.3) is 0 Å². The Morgan fingerprint density at radius 1 is 1.22 bits per heavy atom. The van der Waals surface area contributed by atoms with E-state index in [1.807, 2.05) is 0 Å². The number of carbonyl (C=O) groups excluding carboxylic acids is 1. The Morgan fingerprint density at radius 3 is 2.56 bits per heavy atom. The van der Waals surface area contributed by atoms with Crippen LogP contribution in [0.1, 0.15) is 36.8 Å². The Kier molecular flexibility index (Phi) is 3.19. The van der Waals surface area contributed by atoms with Crippen molar-refractivity contribution >= 4 is 5.78 Å². The van der Waals surface area contributed by atoms with Crippen molar-refractivity contribution in [2.45, 2.75) is 37.4 Å². The third kappa shape index (κ3) is 2.27. The van der Waals surface area contributed by atoms with E-state index in [0.717, 1.165) is 25.0 Å². The standard InChI is InChI=1S/C13H14F3NO/c14-13(15,16)10-5-3-4-9(8-10)12(17)7-2-1-6-11(12)18/h3-5,8H,1-2,6-7,17H2/t12-/m1/s1.